The highest BCUT2D eigenvalue weighted by molar-refractivity contribution is 5.66. The van der Waals surface area contributed by atoms with Crippen molar-refractivity contribution in [3.05, 3.63) is 53.1 Å². The van der Waals surface area contributed by atoms with Crippen LogP contribution in [0.15, 0.2) is 47.5 Å². The van der Waals surface area contributed by atoms with Gasteiger partial charge in [-0.2, -0.15) is 5.10 Å². The zero-order chi connectivity index (χ0) is 16.2. The van der Waals surface area contributed by atoms with Crippen molar-refractivity contribution >= 4 is 5.52 Å². The van der Waals surface area contributed by atoms with Crippen molar-refractivity contribution in [1.82, 2.24) is 14.2 Å². The molecule has 0 N–H and O–H groups in total. The number of unbranched alkanes of at least 4 members (excludes halogenated alkanes) is 2. The van der Waals surface area contributed by atoms with Crippen LogP contribution in [-0.2, 0) is 6.54 Å². The first kappa shape index (κ1) is 15.3. The Bertz CT molecular complexity index is 864. The van der Waals surface area contributed by atoms with Crippen LogP contribution in [0.3, 0.4) is 0 Å². The number of fused-ring (bicyclic) bond motifs is 1. The second-order valence-corrected chi connectivity index (χ2v) is 5.60. The molecule has 3 rings (SSSR count). The van der Waals surface area contributed by atoms with Crippen LogP contribution in [0.4, 0.5) is 0 Å². The molecule has 1 aromatic carbocycles. The molecule has 0 amide bonds. The average molecular weight is 311 g/mol. The summed E-state index contributed by atoms with van der Waals surface area (Å²) in [6.07, 6.45) is 6.94. The third-order valence-corrected chi connectivity index (χ3v) is 3.97. The maximum absolute atomic E-state index is 12.6. The van der Waals surface area contributed by atoms with Crippen molar-refractivity contribution < 1.29 is 4.74 Å². The maximum Gasteiger partial charge on any atom is 0.276 e. The van der Waals surface area contributed by atoms with Gasteiger partial charge in [-0.1, -0.05) is 31.9 Å². The van der Waals surface area contributed by atoms with E-state index in [-0.39, 0.29) is 5.56 Å². The zero-order valence-electron chi connectivity index (χ0n) is 13.5. The Hall–Kier alpha value is -2.56. The Morgan fingerprint density at radius 1 is 1.17 bits per heavy atom. The van der Waals surface area contributed by atoms with E-state index in [9.17, 15) is 4.79 Å². The number of methoxy groups -OCH3 is 1. The first-order valence-electron chi connectivity index (χ1n) is 7.96. The Kier molecular flexibility index (Phi) is 4.46. The third-order valence-electron chi connectivity index (χ3n) is 3.97. The second kappa shape index (κ2) is 6.69. The molecular formula is C18H21N3O2. The van der Waals surface area contributed by atoms with Gasteiger partial charge in [0.2, 0.25) is 0 Å². The molecule has 5 heteroatoms. The Morgan fingerprint density at radius 3 is 2.83 bits per heavy atom. The lowest BCUT2D eigenvalue weighted by atomic mass is 10.1. The summed E-state index contributed by atoms with van der Waals surface area (Å²) in [5.74, 6) is 0.775. The number of hydrogen-bond acceptors (Lipinski definition) is 3. The van der Waals surface area contributed by atoms with Crippen LogP contribution in [0.5, 0.6) is 5.75 Å². The van der Waals surface area contributed by atoms with Crippen LogP contribution >= 0.6 is 0 Å². The van der Waals surface area contributed by atoms with E-state index in [4.69, 9.17) is 4.74 Å². The van der Waals surface area contributed by atoms with Crippen molar-refractivity contribution in [3.63, 3.8) is 0 Å². The molecule has 0 saturated heterocycles. The lowest BCUT2D eigenvalue weighted by Gasteiger charge is -2.04. The molecule has 3 aromatic rings. The summed E-state index contributed by atoms with van der Waals surface area (Å²) in [6, 6.07) is 9.53. The highest BCUT2D eigenvalue weighted by Crippen LogP contribution is 2.23. The molecule has 0 unspecified atom stereocenters. The topological polar surface area (TPSA) is 48.5 Å². The van der Waals surface area contributed by atoms with Crippen molar-refractivity contribution in [1.29, 1.82) is 0 Å². The van der Waals surface area contributed by atoms with Gasteiger partial charge in [-0.25, -0.2) is 4.52 Å². The number of aromatic nitrogens is 3. The van der Waals surface area contributed by atoms with E-state index < -0.39 is 0 Å². The van der Waals surface area contributed by atoms with E-state index in [1.165, 1.54) is 0 Å². The van der Waals surface area contributed by atoms with Crippen LogP contribution in [0.2, 0.25) is 0 Å². The maximum atomic E-state index is 12.6. The molecule has 2 aromatic heterocycles. The summed E-state index contributed by atoms with van der Waals surface area (Å²) in [5, 5.41) is 4.50. The SMILES string of the molecule is CCCCCn1ccn2nc(-c3cccc(OC)c3)cc2c1=O. The van der Waals surface area contributed by atoms with Crippen LogP contribution in [0, 0.1) is 0 Å². The molecule has 0 aliphatic rings. The minimum absolute atomic E-state index is 0.00486. The minimum atomic E-state index is 0.00486. The molecule has 0 fully saturated rings. The van der Waals surface area contributed by atoms with E-state index in [2.05, 4.69) is 12.0 Å². The Labute approximate surface area is 135 Å². The summed E-state index contributed by atoms with van der Waals surface area (Å²) < 4.78 is 8.66. The standard InChI is InChI=1S/C18H21N3O2/c1-3-4-5-9-20-10-11-21-17(18(20)22)13-16(19-21)14-7-6-8-15(12-14)23-2/h6-8,10-13H,3-5,9H2,1-2H3. The monoisotopic (exact) mass is 311 g/mol. The normalized spacial score (nSPS) is 11.0. The van der Waals surface area contributed by atoms with Gasteiger partial charge in [-0.3, -0.25) is 4.79 Å². The van der Waals surface area contributed by atoms with Gasteiger partial charge < -0.3 is 9.30 Å². The van der Waals surface area contributed by atoms with Gasteiger partial charge in [0, 0.05) is 24.5 Å². The van der Waals surface area contributed by atoms with Crippen LogP contribution in [-0.4, -0.2) is 21.3 Å². The average Bonchev–Trinajstić information content (AvgIpc) is 3.02. The minimum Gasteiger partial charge on any atom is -0.497 e. The largest absolute Gasteiger partial charge is 0.497 e. The molecule has 0 aliphatic heterocycles. The molecule has 0 bridgehead atoms. The van der Waals surface area contributed by atoms with E-state index in [1.807, 2.05) is 42.7 Å². The van der Waals surface area contributed by atoms with Crippen molar-refractivity contribution in [2.45, 2.75) is 32.7 Å². The predicted octanol–water partition coefficient (Wildman–Crippen LogP) is 3.36. The van der Waals surface area contributed by atoms with Gasteiger partial charge in [0.25, 0.3) is 5.56 Å². The number of rotatable bonds is 6. The van der Waals surface area contributed by atoms with Gasteiger partial charge in [0.1, 0.15) is 11.3 Å². The molecule has 0 radical (unpaired) electrons. The van der Waals surface area contributed by atoms with Gasteiger partial charge >= 0.3 is 0 Å². The first-order chi connectivity index (χ1) is 11.2. The van der Waals surface area contributed by atoms with Gasteiger partial charge in [-0.15, -0.1) is 0 Å². The molecular weight excluding hydrogens is 290 g/mol. The van der Waals surface area contributed by atoms with Gasteiger partial charge in [0.15, 0.2) is 0 Å². The molecule has 0 spiro atoms. The van der Waals surface area contributed by atoms with Crippen molar-refractivity contribution in [3.8, 4) is 17.0 Å². The smallest absolute Gasteiger partial charge is 0.276 e. The van der Waals surface area contributed by atoms with Crippen molar-refractivity contribution in [2.75, 3.05) is 7.11 Å². The lowest BCUT2D eigenvalue weighted by Crippen LogP contribution is -2.21. The lowest BCUT2D eigenvalue weighted by molar-refractivity contribution is 0.415. The van der Waals surface area contributed by atoms with Crippen LogP contribution in [0.1, 0.15) is 26.2 Å². The highest BCUT2D eigenvalue weighted by Gasteiger charge is 2.09. The number of ether oxygens (including phenoxy) is 1. The Morgan fingerprint density at radius 2 is 2.04 bits per heavy atom. The molecule has 23 heavy (non-hydrogen) atoms. The van der Waals surface area contributed by atoms with E-state index >= 15 is 0 Å². The second-order valence-electron chi connectivity index (χ2n) is 5.60. The molecule has 2 heterocycles. The summed E-state index contributed by atoms with van der Waals surface area (Å²) >= 11 is 0. The summed E-state index contributed by atoms with van der Waals surface area (Å²) in [5.41, 5.74) is 2.31. The fourth-order valence-corrected chi connectivity index (χ4v) is 2.66. The fraction of sp³-hybridized carbons (Fsp3) is 0.333. The van der Waals surface area contributed by atoms with E-state index in [0.29, 0.717) is 5.52 Å². The van der Waals surface area contributed by atoms with Crippen LogP contribution < -0.4 is 10.3 Å². The summed E-state index contributed by atoms with van der Waals surface area (Å²) in [6.45, 7) is 2.91. The quantitative estimate of drug-likeness (QED) is 0.656. The highest BCUT2D eigenvalue weighted by atomic mass is 16.5. The van der Waals surface area contributed by atoms with Crippen molar-refractivity contribution in [2.24, 2.45) is 0 Å². The number of benzene rings is 1. The fourth-order valence-electron chi connectivity index (χ4n) is 2.66. The molecule has 0 saturated carbocycles. The van der Waals surface area contributed by atoms with Gasteiger partial charge in [-0.05, 0) is 24.6 Å². The van der Waals surface area contributed by atoms with E-state index in [0.717, 1.165) is 42.8 Å². The van der Waals surface area contributed by atoms with Gasteiger partial charge in [0.05, 0.1) is 12.8 Å². The molecule has 0 atom stereocenters. The first-order valence-corrected chi connectivity index (χ1v) is 7.96. The Balaban J connectivity index is 1.98. The molecule has 120 valence electrons. The number of aryl methyl sites for hydroxylation is 1. The van der Waals surface area contributed by atoms with E-state index in [1.54, 1.807) is 16.2 Å². The number of nitrogens with zero attached hydrogens (tertiary/aromatic N) is 3. The molecule has 0 aliphatic carbocycles. The summed E-state index contributed by atoms with van der Waals surface area (Å²) in [7, 11) is 1.64. The summed E-state index contributed by atoms with van der Waals surface area (Å²) in [4.78, 5) is 12.6. The molecule has 5 nitrogen and oxygen atoms in total. The predicted molar refractivity (Wildman–Crippen MR) is 91.0 cm³/mol. The zero-order valence-corrected chi connectivity index (χ0v) is 13.5. The third kappa shape index (κ3) is 3.13. The number of hydrogen-bond donors (Lipinski definition) is 0. The van der Waals surface area contributed by atoms with Crippen LogP contribution in [0.25, 0.3) is 16.8 Å².